The molecule has 1 N–H and O–H groups in total. The number of rotatable bonds is 5. The van der Waals surface area contributed by atoms with Gasteiger partial charge >= 0.3 is 0 Å². The van der Waals surface area contributed by atoms with E-state index in [-0.39, 0.29) is 6.61 Å². The van der Waals surface area contributed by atoms with Crippen LogP contribution < -0.4 is 9.64 Å². The average Bonchev–Trinajstić information content (AvgIpc) is 2.45. The normalized spacial score (nSPS) is 12.0. The van der Waals surface area contributed by atoms with Crippen molar-refractivity contribution in [1.29, 1.82) is 0 Å². The lowest BCUT2D eigenvalue weighted by Crippen LogP contribution is -2.11. The van der Waals surface area contributed by atoms with Crippen LogP contribution in [0, 0.1) is 0 Å². The molecule has 0 spiro atoms. The van der Waals surface area contributed by atoms with Crippen LogP contribution in [0.15, 0.2) is 53.0 Å². The minimum absolute atomic E-state index is 0.222. The van der Waals surface area contributed by atoms with Crippen molar-refractivity contribution in [3.8, 4) is 5.75 Å². The Morgan fingerprint density at radius 2 is 1.90 bits per heavy atom. The molecule has 106 valence electrons. The Bertz CT molecular complexity index is 572. The summed E-state index contributed by atoms with van der Waals surface area (Å²) in [5, 5.41) is 10.2. The maximum absolute atomic E-state index is 10.2. The van der Waals surface area contributed by atoms with E-state index in [4.69, 9.17) is 4.74 Å². The molecule has 0 bridgehead atoms. The van der Waals surface area contributed by atoms with Crippen LogP contribution in [-0.4, -0.2) is 25.8 Å². The van der Waals surface area contributed by atoms with Gasteiger partial charge in [-0.1, -0.05) is 40.2 Å². The van der Waals surface area contributed by atoms with E-state index in [1.807, 2.05) is 67.5 Å². The lowest BCUT2D eigenvalue weighted by Gasteiger charge is -2.16. The third-order valence-electron chi connectivity index (χ3n) is 3.01. The summed E-state index contributed by atoms with van der Waals surface area (Å²) < 4.78 is 6.56. The van der Waals surface area contributed by atoms with E-state index in [0.717, 1.165) is 21.5 Å². The van der Waals surface area contributed by atoms with Crippen molar-refractivity contribution in [2.45, 2.75) is 6.10 Å². The van der Waals surface area contributed by atoms with Crippen molar-refractivity contribution in [2.24, 2.45) is 0 Å². The van der Waals surface area contributed by atoms with Gasteiger partial charge in [-0.3, -0.25) is 0 Å². The van der Waals surface area contributed by atoms with Gasteiger partial charge in [-0.2, -0.15) is 0 Å². The molecule has 2 aromatic rings. The second kappa shape index (κ2) is 6.77. The highest BCUT2D eigenvalue weighted by Crippen LogP contribution is 2.25. The summed E-state index contributed by atoms with van der Waals surface area (Å²) in [6.07, 6.45) is -0.659. The number of nitrogens with zero attached hydrogens (tertiary/aromatic N) is 1. The van der Waals surface area contributed by atoms with Gasteiger partial charge in [0.2, 0.25) is 0 Å². The maximum atomic E-state index is 10.2. The zero-order valence-corrected chi connectivity index (χ0v) is 13.2. The average molecular weight is 336 g/mol. The SMILES string of the molecule is CN(C)c1cccc(OCC(O)c2ccccc2Br)c1. The first-order chi connectivity index (χ1) is 9.58. The van der Waals surface area contributed by atoms with Crippen LogP contribution in [-0.2, 0) is 0 Å². The summed E-state index contributed by atoms with van der Waals surface area (Å²) in [6, 6.07) is 15.4. The Morgan fingerprint density at radius 3 is 2.60 bits per heavy atom. The third kappa shape index (κ3) is 3.74. The van der Waals surface area contributed by atoms with Gasteiger partial charge in [-0.15, -0.1) is 0 Å². The van der Waals surface area contributed by atoms with Crippen molar-refractivity contribution in [3.05, 3.63) is 58.6 Å². The van der Waals surface area contributed by atoms with Gasteiger partial charge < -0.3 is 14.7 Å². The zero-order valence-electron chi connectivity index (χ0n) is 11.6. The number of hydrogen-bond donors (Lipinski definition) is 1. The van der Waals surface area contributed by atoms with Gasteiger partial charge in [0, 0.05) is 30.3 Å². The first-order valence-corrected chi connectivity index (χ1v) is 7.20. The van der Waals surface area contributed by atoms with E-state index in [2.05, 4.69) is 15.9 Å². The fraction of sp³-hybridized carbons (Fsp3) is 0.250. The van der Waals surface area contributed by atoms with E-state index >= 15 is 0 Å². The molecule has 4 heteroatoms. The first-order valence-electron chi connectivity index (χ1n) is 6.40. The molecule has 0 aromatic heterocycles. The summed E-state index contributed by atoms with van der Waals surface area (Å²) in [6.45, 7) is 0.222. The highest BCUT2D eigenvalue weighted by atomic mass is 79.9. The molecule has 2 aromatic carbocycles. The largest absolute Gasteiger partial charge is 0.490 e. The smallest absolute Gasteiger partial charge is 0.121 e. The van der Waals surface area contributed by atoms with Crippen LogP contribution in [0.2, 0.25) is 0 Å². The molecule has 3 nitrogen and oxygen atoms in total. The fourth-order valence-corrected chi connectivity index (χ4v) is 2.41. The van der Waals surface area contributed by atoms with Gasteiger partial charge in [-0.25, -0.2) is 0 Å². The number of hydrogen-bond acceptors (Lipinski definition) is 3. The second-order valence-electron chi connectivity index (χ2n) is 4.74. The molecule has 0 aliphatic carbocycles. The second-order valence-corrected chi connectivity index (χ2v) is 5.59. The van der Waals surface area contributed by atoms with Crippen molar-refractivity contribution in [2.75, 3.05) is 25.6 Å². The minimum atomic E-state index is -0.659. The van der Waals surface area contributed by atoms with Crippen molar-refractivity contribution in [3.63, 3.8) is 0 Å². The molecule has 20 heavy (non-hydrogen) atoms. The topological polar surface area (TPSA) is 32.7 Å². The molecule has 0 radical (unpaired) electrons. The van der Waals surface area contributed by atoms with Gasteiger partial charge in [0.05, 0.1) is 0 Å². The molecule has 0 fully saturated rings. The van der Waals surface area contributed by atoms with E-state index in [1.54, 1.807) is 0 Å². The van der Waals surface area contributed by atoms with Gasteiger partial charge in [0.15, 0.2) is 0 Å². The molecule has 0 saturated carbocycles. The highest BCUT2D eigenvalue weighted by molar-refractivity contribution is 9.10. The summed E-state index contributed by atoms with van der Waals surface area (Å²) in [7, 11) is 3.96. The lowest BCUT2D eigenvalue weighted by molar-refractivity contribution is 0.107. The van der Waals surface area contributed by atoms with Gasteiger partial charge in [0.25, 0.3) is 0 Å². The zero-order chi connectivity index (χ0) is 14.5. The Kier molecular flexibility index (Phi) is 5.04. The number of ether oxygens (including phenoxy) is 1. The van der Waals surface area contributed by atoms with Crippen molar-refractivity contribution in [1.82, 2.24) is 0 Å². The number of aliphatic hydroxyl groups is 1. The molecular formula is C16H18BrNO2. The van der Waals surface area contributed by atoms with E-state index in [9.17, 15) is 5.11 Å². The quantitative estimate of drug-likeness (QED) is 0.905. The Morgan fingerprint density at radius 1 is 1.15 bits per heavy atom. The van der Waals surface area contributed by atoms with Crippen LogP contribution in [0.4, 0.5) is 5.69 Å². The van der Waals surface area contributed by atoms with Gasteiger partial charge in [0.1, 0.15) is 18.5 Å². The van der Waals surface area contributed by atoms with Crippen LogP contribution in [0.5, 0.6) is 5.75 Å². The number of halogens is 1. The highest BCUT2D eigenvalue weighted by Gasteiger charge is 2.11. The Labute approximate surface area is 127 Å². The standard InChI is InChI=1S/C16H18BrNO2/c1-18(2)12-6-5-7-13(10-12)20-11-16(19)14-8-3-4-9-15(14)17/h3-10,16,19H,11H2,1-2H3. The molecule has 0 aliphatic heterocycles. The summed E-state index contributed by atoms with van der Waals surface area (Å²) in [5.74, 6) is 0.752. The van der Waals surface area contributed by atoms with Crippen LogP contribution in [0.3, 0.4) is 0 Å². The molecule has 0 aliphatic rings. The minimum Gasteiger partial charge on any atom is -0.490 e. The first kappa shape index (κ1) is 14.9. The molecule has 0 heterocycles. The Hall–Kier alpha value is -1.52. The van der Waals surface area contributed by atoms with Crippen LogP contribution >= 0.6 is 15.9 Å². The van der Waals surface area contributed by atoms with E-state index in [0.29, 0.717) is 0 Å². The number of aliphatic hydroxyl groups excluding tert-OH is 1. The fourth-order valence-electron chi connectivity index (χ4n) is 1.86. The van der Waals surface area contributed by atoms with Gasteiger partial charge in [-0.05, 0) is 23.8 Å². The summed E-state index contributed by atoms with van der Waals surface area (Å²) in [4.78, 5) is 2.01. The lowest BCUT2D eigenvalue weighted by atomic mass is 10.1. The molecule has 2 rings (SSSR count). The number of benzene rings is 2. The monoisotopic (exact) mass is 335 g/mol. The van der Waals surface area contributed by atoms with Crippen molar-refractivity contribution < 1.29 is 9.84 Å². The molecule has 0 saturated heterocycles. The number of anilines is 1. The third-order valence-corrected chi connectivity index (χ3v) is 3.73. The maximum Gasteiger partial charge on any atom is 0.121 e. The molecule has 1 atom stereocenters. The van der Waals surface area contributed by atoms with Crippen LogP contribution in [0.1, 0.15) is 11.7 Å². The predicted octanol–water partition coefficient (Wildman–Crippen LogP) is 3.63. The molecular weight excluding hydrogens is 318 g/mol. The van der Waals surface area contributed by atoms with Crippen molar-refractivity contribution >= 4 is 21.6 Å². The summed E-state index contributed by atoms with van der Waals surface area (Å²) >= 11 is 3.43. The van der Waals surface area contributed by atoms with E-state index < -0.39 is 6.10 Å². The predicted molar refractivity (Wildman–Crippen MR) is 85.4 cm³/mol. The van der Waals surface area contributed by atoms with Crippen LogP contribution in [0.25, 0.3) is 0 Å². The summed E-state index contributed by atoms with van der Waals surface area (Å²) in [5.41, 5.74) is 1.90. The Balaban J connectivity index is 2.02. The molecule has 1 unspecified atom stereocenters. The van der Waals surface area contributed by atoms with E-state index in [1.165, 1.54) is 0 Å². The molecule has 0 amide bonds.